The lowest BCUT2D eigenvalue weighted by Crippen LogP contribution is -2.42. The van der Waals surface area contributed by atoms with E-state index in [-0.39, 0.29) is 17.7 Å². The summed E-state index contributed by atoms with van der Waals surface area (Å²) in [5, 5.41) is 0. The molecule has 0 amide bonds. The quantitative estimate of drug-likeness (QED) is 0.815. The van der Waals surface area contributed by atoms with Gasteiger partial charge in [-0.1, -0.05) is 0 Å². The Kier molecular flexibility index (Phi) is 5.27. The first-order valence-electron chi connectivity index (χ1n) is 8.62. The summed E-state index contributed by atoms with van der Waals surface area (Å²) in [5.41, 5.74) is 2.22. The Balaban J connectivity index is 1.66. The molecule has 6 nitrogen and oxygen atoms in total. The molecule has 2 heterocycles. The van der Waals surface area contributed by atoms with Crippen molar-refractivity contribution in [3.05, 3.63) is 54.4 Å². The predicted molar refractivity (Wildman–Crippen MR) is 103 cm³/mol. The van der Waals surface area contributed by atoms with E-state index in [2.05, 4.69) is 21.5 Å². The first-order chi connectivity index (χ1) is 12.3. The van der Waals surface area contributed by atoms with Crippen LogP contribution in [0.1, 0.15) is 30.1 Å². The number of nitrogens with zero attached hydrogens (tertiary/aromatic N) is 2. The summed E-state index contributed by atoms with van der Waals surface area (Å²) in [4.78, 5) is 19.2. The molecular formula is C19H23N3O3S. The first kappa shape index (κ1) is 18.4. The van der Waals surface area contributed by atoms with Crippen LogP contribution in [0.15, 0.2) is 48.8 Å². The minimum atomic E-state index is -3.32. The number of nitrogens with one attached hydrogen (secondary N) is 1. The largest absolute Gasteiger partial charge is 0.369 e. The summed E-state index contributed by atoms with van der Waals surface area (Å²) in [6.45, 7) is 2.97. The van der Waals surface area contributed by atoms with E-state index in [1.54, 1.807) is 36.7 Å². The van der Waals surface area contributed by atoms with Crippen molar-refractivity contribution in [2.45, 2.75) is 25.8 Å². The number of hydrogen-bond donors (Lipinski definition) is 1. The zero-order valence-electron chi connectivity index (χ0n) is 14.9. The molecule has 2 aromatic rings. The second-order valence-corrected chi connectivity index (χ2v) is 8.53. The molecule has 1 fully saturated rings. The second kappa shape index (κ2) is 7.45. The van der Waals surface area contributed by atoms with Crippen LogP contribution in [0, 0.1) is 5.92 Å². The molecule has 0 radical (unpaired) electrons. The number of Topliss-reactive ketones (excluding diaryl/α,β-unsaturated/α-hetero) is 1. The fourth-order valence-corrected chi connectivity index (χ4v) is 4.05. The zero-order chi connectivity index (χ0) is 18.7. The van der Waals surface area contributed by atoms with E-state index < -0.39 is 10.0 Å². The van der Waals surface area contributed by atoms with Crippen LogP contribution in [0.25, 0.3) is 0 Å². The molecule has 7 heteroatoms. The van der Waals surface area contributed by atoms with E-state index >= 15 is 0 Å². The third-order valence-electron chi connectivity index (χ3n) is 4.71. The number of aromatic nitrogens is 1. The molecule has 1 aromatic carbocycles. The molecule has 1 N–H and O–H groups in total. The number of sulfonamides is 1. The molecule has 1 aliphatic heterocycles. The van der Waals surface area contributed by atoms with Crippen molar-refractivity contribution in [3.63, 3.8) is 0 Å². The number of rotatable bonds is 5. The van der Waals surface area contributed by atoms with Crippen LogP contribution >= 0.6 is 0 Å². The summed E-state index contributed by atoms with van der Waals surface area (Å²) in [6, 6.07) is 10.9. The van der Waals surface area contributed by atoms with Crippen LogP contribution < -0.4 is 9.62 Å². The van der Waals surface area contributed by atoms with Gasteiger partial charge in [-0.25, -0.2) is 8.42 Å². The molecule has 1 saturated heterocycles. The predicted octanol–water partition coefficient (Wildman–Crippen LogP) is 2.94. The van der Waals surface area contributed by atoms with Gasteiger partial charge >= 0.3 is 0 Å². The highest BCUT2D eigenvalue weighted by molar-refractivity contribution is 7.92. The summed E-state index contributed by atoms with van der Waals surface area (Å²) in [5.74, 6) is 0.105. The molecule has 0 aliphatic carbocycles. The average Bonchev–Trinajstić information content (AvgIpc) is 2.61. The number of ketones is 1. The van der Waals surface area contributed by atoms with Crippen LogP contribution in [0.5, 0.6) is 0 Å². The molecule has 0 saturated carbocycles. The lowest BCUT2D eigenvalue weighted by molar-refractivity contribution is 0.0890. The highest BCUT2D eigenvalue weighted by Crippen LogP contribution is 2.30. The van der Waals surface area contributed by atoms with Gasteiger partial charge in [-0.2, -0.15) is 0 Å². The zero-order valence-corrected chi connectivity index (χ0v) is 15.7. The molecular weight excluding hydrogens is 350 g/mol. The SMILES string of the molecule is CC1CC(C(=O)c2ccc(NS(C)(=O)=O)cc2)CCN1c1ccncc1. The van der Waals surface area contributed by atoms with Crippen molar-refractivity contribution < 1.29 is 13.2 Å². The molecule has 1 aliphatic rings. The molecule has 26 heavy (non-hydrogen) atoms. The molecule has 3 rings (SSSR count). The van der Waals surface area contributed by atoms with Gasteiger partial charge < -0.3 is 4.90 Å². The Morgan fingerprint density at radius 1 is 1.15 bits per heavy atom. The minimum absolute atomic E-state index is 0.0168. The van der Waals surface area contributed by atoms with Crippen molar-refractivity contribution >= 4 is 27.2 Å². The van der Waals surface area contributed by atoms with E-state index in [1.807, 2.05) is 12.1 Å². The van der Waals surface area contributed by atoms with Gasteiger partial charge in [0, 0.05) is 47.8 Å². The molecule has 0 bridgehead atoms. The van der Waals surface area contributed by atoms with Crippen LogP contribution in [0.2, 0.25) is 0 Å². The van der Waals surface area contributed by atoms with Crippen LogP contribution in [-0.2, 0) is 10.0 Å². The van der Waals surface area contributed by atoms with Gasteiger partial charge in [0.25, 0.3) is 0 Å². The number of hydrogen-bond acceptors (Lipinski definition) is 5. The maximum Gasteiger partial charge on any atom is 0.229 e. The summed E-state index contributed by atoms with van der Waals surface area (Å²) < 4.78 is 24.9. The average molecular weight is 373 g/mol. The molecule has 138 valence electrons. The molecule has 0 spiro atoms. The van der Waals surface area contributed by atoms with Gasteiger partial charge in [-0.15, -0.1) is 0 Å². The van der Waals surface area contributed by atoms with Crippen molar-refractivity contribution in [1.82, 2.24) is 4.98 Å². The van der Waals surface area contributed by atoms with Gasteiger partial charge in [0.05, 0.1) is 6.26 Å². The second-order valence-electron chi connectivity index (χ2n) is 6.78. The monoisotopic (exact) mass is 373 g/mol. The summed E-state index contributed by atoms with van der Waals surface area (Å²) in [7, 11) is -3.32. The van der Waals surface area contributed by atoms with E-state index in [0.29, 0.717) is 11.3 Å². The topological polar surface area (TPSA) is 79.4 Å². The normalized spacial score (nSPS) is 20.6. The van der Waals surface area contributed by atoms with Crippen LogP contribution in [0.4, 0.5) is 11.4 Å². The third-order valence-corrected chi connectivity index (χ3v) is 5.32. The Morgan fingerprint density at radius 3 is 2.38 bits per heavy atom. The number of anilines is 2. The third kappa shape index (κ3) is 4.40. The fraction of sp³-hybridized carbons (Fsp3) is 0.368. The minimum Gasteiger partial charge on any atom is -0.369 e. The first-order valence-corrected chi connectivity index (χ1v) is 10.5. The van der Waals surface area contributed by atoms with Gasteiger partial charge in [-0.05, 0) is 56.2 Å². The lowest BCUT2D eigenvalue weighted by Gasteiger charge is -2.38. The summed E-state index contributed by atoms with van der Waals surface area (Å²) >= 11 is 0. The van der Waals surface area contributed by atoms with Gasteiger partial charge in [0.1, 0.15) is 0 Å². The van der Waals surface area contributed by atoms with Crippen molar-refractivity contribution in [1.29, 1.82) is 0 Å². The Hall–Kier alpha value is -2.41. The standard InChI is InChI=1S/C19H23N3O3S/c1-14-13-16(9-12-22(14)18-7-10-20-11-8-18)19(23)15-3-5-17(6-4-15)21-26(2,24)25/h3-8,10-11,14,16,21H,9,12-13H2,1-2H3. The Bertz CT molecular complexity index is 867. The highest BCUT2D eigenvalue weighted by atomic mass is 32.2. The highest BCUT2D eigenvalue weighted by Gasteiger charge is 2.30. The number of carbonyl (C=O) groups excluding carboxylic acids is 1. The van der Waals surface area contributed by atoms with Gasteiger partial charge in [0.15, 0.2) is 5.78 Å². The van der Waals surface area contributed by atoms with E-state index in [0.717, 1.165) is 31.3 Å². The lowest BCUT2D eigenvalue weighted by atomic mass is 9.85. The molecule has 2 atom stereocenters. The number of carbonyl (C=O) groups is 1. The smallest absolute Gasteiger partial charge is 0.229 e. The van der Waals surface area contributed by atoms with Crippen molar-refractivity contribution in [2.24, 2.45) is 5.92 Å². The Morgan fingerprint density at radius 2 is 1.81 bits per heavy atom. The summed E-state index contributed by atoms with van der Waals surface area (Å²) in [6.07, 6.45) is 6.26. The van der Waals surface area contributed by atoms with Gasteiger partial charge in [0.2, 0.25) is 10.0 Å². The fourth-order valence-electron chi connectivity index (χ4n) is 3.48. The van der Waals surface area contributed by atoms with E-state index in [9.17, 15) is 13.2 Å². The number of pyridine rings is 1. The van der Waals surface area contributed by atoms with E-state index in [4.69, 9.17) is 0 Å². The van der Waals surface area contributed by atoms with Crippen molar-refractivity contribution in [2.75, 3.05) is 22.4 Å². The molecule has 1 aromatic heterocycles. The van der Waals surface area contributed by atoms with E-state index in [1.165, 1.54) is 0 Å². The van der Waals surface area contributed by atoms with Crippen molar-refractivity contribution in [3.8, 4) is 0 Å². The molecule has 2 unspecified atom stereocenters. The Labute approximate surface area is 154 Å². The maximum absolute atomic E-state index is 12.8. The number of benzene rings is 1. The number of piperidine rings is 1. The van der Waals surface area contributed by atoms with Gasteiger partial charge in [-0.3, -0.25) is 14.5 Å². The maximum atomic E-state index is 12.8. The van der Waals surface area contributed by atoms with Crippen LogP contribution in [-0.4, -0.2) is 38.0 Å². The van der Waals surface area contributed by atoms with Crippen LogP contribution in [0.3, 0.4) is 0 Å².